The molecule has 1 aliphatic rings. The molecule has 0 bridgehead atoms. The van der Waals surface area contributed by atoms with Gasteiger partial charge in [-0.15, -0.1) is 0 Å². The van der Waals surface area contributed by atoms with Gasteiger partial charge < -0.3 is 10.1 Å². The van der Waals surface area contributed by atoms with E-state index in [1.54, 1.807) is 0 Å². The number of hydrogen-bond acceptors (Lipinski definition) is 3. The van der Waals surface area contributed by atoms with Crippen LogP contribution in [0.15, 0.2) is 67.0 Å². The van der Waals surface area contributed by atoms with Crippen LogP contribution in [0.3, 0.4) is 0 Å². The second-order valence-corrected chi connectivity index (χ2v) is 6.14. The predicted molar refractivity (Wildman–Crippen MR) is 93.9 cm³/mol. The number of benzene rings is 2. The molecule has 3 aromatic rings. The first-order valence-corrected chi connectivity index (χ1v) is 8.39. The van der Waals surface area contributed by atoms with Crippen LogP contribution in [0.25, 0.3) is 0 Å². The number of ether oxygens (including phenoxy) is 1. The van der Waals surface area contributed by atoms with Crippen LogP contribution in [-0.4, -0.2) is 16.4 Å². The molecule has 4 heteroatoms. The van der Waals surface area contributed by atoms with Crippen molar-refractivity contribution in [2.24, 2.45) is 0 Å². The van der Waals surface area contributed by atoms with Gasteiger partial charge in [0.2, 0.25) is 0 Å². The molecular formula is C20H21N3O. The average molecular weight is 319 g/mol. The molecule has 1 N–H and O–H groups in total. The van der Waals surface area contributed by atoms with E-state index in [0.29, 0.717) is 6.04 Å². The molecule has 1 atom stereocenters. The summed E-state index contributed by atoms with van der Waals surface area (Å²) in [6.07, 6.45) is 5.06. The second kappa shape index (κ2) is 6.89. The molecule has 4 rings (SSSR count). The molecule has 1 aromatic heterocycles. The van der Waals surface area contributed by atoms with E-state index in [-0.39, 0.29) is 0 Å². The van der Waals surface area contributed by atoms with Gasteiger partial charge in [-0.3, -0.25) is 4.68 Å². The number of hydrogen-bond donors (Lipinski definition) is 1. The number of fused-ring (bicyclic) bond motifs is 1. The van der Waals surface area contributed by atoms with Crippen molar-refractivity contribution in [3.8, 4) is 5.75 Å². The van der Waals surface area contributed by atoms with E-state index < -0.39 is 0 Å². The fraction of sp³-hybridized carbons (Fsp3) is 0.250. The van der Waals surface area contributed by atoms with E-state index >= 15 is 0 Å². The highest BCUT2D eigenvalue weighted by atomic mass is 16.5. The Morgan fingerprint density at radius 1 is 1.04 bits per heavy atom. The van der Waals surface area contributed by atoms with Crippen molar-refractivity contribution in [1.82, 2.24) is 15.1 Å². The highest BCUT2D eigenvalue weighted by Gasteiger charge is 2.20. The lowest BCUT2D eigenvalue weighted by Gasteiger charge is -2.26. The molecule has 0 aliphatic carbocycles. The first kappa shape index (κ1) is 15.0. The summed E-state index contributed by atoms with van der Waals surface area (Å²) in [5.74, 6) is 1.00. The summed E-state index contributed by atoms with van der Waals surface area (Å²) < 4.78 is 7.71. The van der Waals surface area contributed by atoms with Crippen molar-refractivity contribution in [3.63, 3.8) is 0 Å². The molecule has 0 unspecified atom stereocenters. The summed E-state index contributed by atoms with van der Waals surface area (Å²) in [7, 11) is 0. The smallest absolute Gasteiger partial charge is 0.124 e. The fourth-order valence-corrected chi connectivity index (χ4v) is 3.15. The van der Waals surface area contributed by atoms with Gasteiger partial charge in [0.15, 0.2) is 0 Å². The molecule has 1 aliphatic heterocycles. The van der Waals surface area contributed by atoms with Gasteiger partial charge in [-0.1, -0.05) is 48.5 Å². The number of aromatic nitrogens is 2. The van der Waals surface area contributed by atoms with Crippen molar-refractivity contribution >= 4 is 0 Å². The molecule has 0 fully saturated rings. The molecule has 24 heavy (non-hydrogen) atoms. The van der Waals surface area contributed by atoms with Crippen molar-refractivity contribution < 1.29 is 4.74 Å². The Labute approximate surface area is 142 Å². The standard InChI is InChI=1S/C20H21N3O/c1-2-6-16(7-3-1)14-23-15-17(13-22-23)12-21-19-10-11-24-20-9-5-4-8-18(19)20/h1-9,13,15,19,21H,10-12,14H2/t19-/m0/s1. The molecule has 4 nitrogen and oxygen atoms in total. The molecule has 2 aromatic carbocycles. The van der Waals surface area contributed by atoms with Crippen LogP contribution in [0, 0.1) is 0 Å². The SMILES string of the molecule is c1ccc(Cn2cc(CN[C@H]3CCOc4ccccc43)cn2)cc1. The maximum atomic E-state index is 5.72. The van der Waals surface area contributed by atoms with Gasteiger partial charge in [0.05, 0.1) is 19.3 Å². The third-order valence-corrected chi connectivity index (χ3v) is 4.39. The lowest BCUT2D eigenvalue weighted by atomic mass is 10.0. The average Bonchev–Trinajstić information content (AvgIpc) is 3.08. The molecule has 0 amide bonds. The second-order valence-electron chi connectivity index (χ2n) is 6.14. The van der Waals surface area contributed by atoms with Crippen LogP contribution in [0.5, 0.6) is 5.75 Å². The molecule has 0 spiro atoms. The van der Waals surface area contributed by atoms with Crippen LogP contribution in [0.1, 0.15) is 29.2 Å². The first-order chi connectivity index (χ1) is 11.9. The number of rotatable bonds is 5. The molecule has 122 valence electrons. The maximum Gasteiger partial charge on any atom is 0.124 e. The first-order valence-electron chi connectivity index (χ1n) is 8.39. The van der Waals surface area contributed by atoms with Gasteiger partial charge in [-0.2, -0.15) is 5.10 Å². The highest BCUT2D eigenvalue weighted by molar-refractivity contribution is 5.37. The normalized spacial score (nSPS) is 16.4. The Morgan fingerprint density at radius 3 is 2.79 bits per heavy atom. The monoisotopic (exact) mass is 319 g/mol. The Hall–Kier alpha value is -2.59. The minimum atomic E-state index is 0.340. The zero-order valence-corrected chi connectivity index (χ0v) is 13.6. The highest BCUT2D eigenvalue weighted by Crippen LogP contribution is 2.31. The zero-order chi connectivity index (χ0) is 16.2. The van der Waals surface area contributed by atoms with E-state index in [2.05, 4.69) is 53.0 Å². The lowest BCUT2D eigenvalue weighted by Crippen LogP contribution is -2.26. The van der Waals surface area contributed by atoms with E-state index in [1.165, 1.54) is 16.7 Å². The quantitative estimate of drug-likeness (QED) is 0.782. The third kappa shape index (κ3) is 3.34. The Balaban J connectivity index is 1.39. The van der Waals surface area contributed by atoms with Gasteiger partial charge in [0, 0.05) is 36.3 Å². The van der Waals surface area contributed by atoms with Crippen LogP contribution >= 0.6 is 0 Å². The van der Waals surface area contributed by atoms with Gasteiger partial charge in [0.25, 0.3) is 0 Å². The molecular weight excluding hydrogens is 298 g/mol. The van der Waals surface area contributed by atoms with Gasteiger partial charge in [0.1, 0.15) is 5.75 Å². The van der Waals surface area contributed by atoms with Crippen LogP contribution < -0.4 is 10.1 Å². The van der Waals surface area contributed by atoms with Gasteiger partial charge >= 0.3 is 0 Å². The van der Waals surface area contributed by atoms with Crippen molar-refractivity contribution in [2.75, 3.05) is 6.61 Å². The summed E-state index contributed by atoms with van der Waals surface area (Å²) in [6, 6.07) is 19.0. The minimum Gasteiger partial charge on any atom is -0.493 e. The minimum absolute atomic E-state index is 0.340. The van der Waals surface area contributed by atoms with E-state index in [1.807, 2.05) is 29.1 Å². The van der Waals surface area contributed by atoms with Crippen molar-refractivity contribution in [1.29, 1.82) is 0 Å². The maximum absolute atomic E-state index is 5.72. The third-order valence-electron chi connectivity index (χ3n) is 4.39. The zero-order valence-electron chi connectivity index (χ0n) is 13.6. The lowest BCUT2D eigenvalue weighted by molar-refractivity contribution is 0.252. The fourth-order valence-electron chi connectivity index (χ4n) is 3.15. The molecule has 0 saturated carbocycles. The molecule has 2 heterocycles. The van der Waals surface area contributed by atoms with Crippen molar-refractivity contribution in [2.45, 2.75) is 25.6 Å². The summed E-state index contributed by atoms with van der Waals surface area (Å²) in [5.41, 5.74) is 3.72. The van der Waals surface area contributed by atoms with E-state index in [9.17, 15) is 0 Å². The number of nitrogens with zero attached hydrogens (tertiary/aromatic N) is 2. The number of nitrogens with one attached hydrogen (secondary N) is 1. The molecule has 0 saturated heterocycles. The summed E-state index contributed by atoms with van der Waals surface area (Å²) in [6.45, 7) is 2.39. The summed E-state index contributed by atoms with van der Waals surface area (Å²) in [4.78, 5) is 0. The Kier molecular flexibility index (Phi) is 4.30. The summed E-state index contributed by atoms with van der Waals surface area (Å²) in [5, 5.41) is 8.11. The Bertz CT molecular complexity index is 797. The van der Waals surface area contributed by atoms with Crippen LogP contribution in [-0.2, 0) is 13.1 Å². The Morgan fingerprint density at radius 2 is 1.88 bits per heavy atom. The summed E-state index contributed by atoms with van der Waals surface area (Å²) >= 11 is 0. The van der Waals surface area contributed by atoms with Crippen LogP contribution in [0.4, 0.5) is 0 Å². The topological polar surface area (TPSA) is 39.1 Å². The van der Waals surface area contributed by atoms with Crippen LogP contribution in [0.2, 0.25) is 0 Å². The predicted octanol–water partition coefficient (Wildman–Crippen LogP) is 3.54. The van der Waals surface area contributed by atoms with E-state index in [4.69, 9.17) is 4.74 Å². The van der Waals surface area contributed by atoms with Gasteiger partial charge in [-0.25, -0.2) is 0 Å². The van der Waals surface area contributed by atoms with Gasteiger partial charge in [-0.05, 0) is 11.6 Å². The molecule has 0 radical (unpaired) electrons. The van der Waals surface area contributed by atoms with Crippen molar-refractivity contribution in [3.05, 3.63) is 83.7 Å². The number of para-hydroxylation sites is 1. The largest absolute Gasteiger partial charge is 0.493 e. The van der Waals surface area contributed by atoms with E-state index in [0.717, 1.165) is 31.9 Å².